The lowest BCUT2D eigenvalue weighted by molar-refractivity contribution is -0.130. The van der Waals surface area contributed by atoms with E-state index in [0.29, 0.717) is 23.4 Å². The summed E-state index contributed by atoms with van der Waals surface area (Å²) in [4.78, 5) is 12.9. The van der Waals surface area contributed by atoms with Crippen molar-refractivity contribution in [1.82, 2.24) is 15.5 Å². The van der Waals surface area contributed by atoms with E-state index in [1.54, 1.807) is 24.3 Å². The van der Waals surface area contributed by atoms with Crippen LogP contribution >= 0.6 is 0 Å². The molecule has 1 fully saturated rings. The Morgan fingerprint density at radius 2 is 2.04 bits per heavy atom. The Labute approximate surface area is 155 Å². The van der Waals surface area contributed by atoms with E-state index in [1.165, 1.54) is 6.07 Å². The van der Waals surface area contributed by atoms with E-state index in [4.69, 9.17) is 0 Å². The molecule has 0 aliphatic heterocycles. The first-order valence-electron chi connectivity index (χ1n) is 8.98. The molecular formula is C20H20F3N3O. The van der Waals surface area contributed by atoms with Crippen molar-refractivity contribution in [2.45, 2.75) is 44.4 Å². The molecule has 4 rings (SSSR count). The van der Waals surface area contributed by atoms with Crippen LogP contribution in [0, 0.1) is 11.2 Å². The molecule has 4 nitrogen and oxygen atoms in total. The molecular weight excluding hydrogens is 355 g/mol. The third-order valence-corrected chi connectivity index (χ3v) is 6.34. The highest BCUT2D eigenvalue weighted by molar-refractivity contribution is 5.91. The van der Waals surface area contributed by atoms with Crippen LogP contribution in [0.5, 0.6) is 0 Å². The van der Waals surface area contributed by atoms with Crippen LogP contribution in [0.2, 0.25) is 0 Å². The summed E-state index contributed by atoms with van der Waals surface area (Å²) >= 11 is 0. The number of hydrogen-bond donors (Lipinski definition) is 1. The minimum absolute atomic E-state index is 0.0471. The van der Waals surface area contributed by atoms with Crippen molar-refractivity contribution in [3.05, 3.63) is 47.4 Å². The van der Waals surface area contributed by atoms with Gasteiger partial charge in [-0.25, -0.2) is 13.2 Å². The number of halogens is 3. The van der Waals surface area contributed by atoms with Gasteiger partial charge >= 0.3 is 0 Å². The van der Waals surface area contributed by atoms with Crippen LogP contribution < -0.4 is 5.32 Å². The number of fused-ring (bicyclic) bond motifs is 5. The first-order valence-corrected chi connectivity index (χ1v) is 8.98. The lowest BCUT2D eigenvalue weighted by Gasteiger charge is -2.36. The van der Waals surface area contributed by atoms with Gasteiger partial charge in [0.2, 0.25) is 5.91 Å². The summed E-state index contributed by atoms with van der Waals surface area (Å²) in [6.07, 6.45) is -1.31. The highest BCUT2D eigenvalue weighted by atomic mass is 19.3. The second-order valence-corrected chi connectivity index (χ2v) is 7.83. The molecule has 2 aliphatic carbocycles. The van der Waals surface area contributed by atoms with Crippen LogP contribution in [0.1, 0.15) is 43.9 Å². The van der Waals surface area contributed by atoms with Crippen LogP contribution in [0.3, 0.4) is 0 Å². The zero-order chi connectivity index (χ0) is 19.4. The average Bonchev–Trinajstić information content (AvgIpc) is 3.01. The molecule has 1 aromatic heterocycles. The quantitative estimate of drug-likeness (QED) is 0.884. The molecule has 142 valence electrons. The van der Waals surface area contributed by atoms with Gasteiger partial charge in [0.1, 0.15) is 5.82 Å². The van der Waals surface area contributed by atoms with E-state index < -0.39 is 35.5 Å². The molecule has 1 unspecified atom stereocenters. The van der Waals surface area contributed by atoms with Gasteiger partial charge < -0.3 is 5.32 Å². The number of nitrogens with zero attached hydrogens (tertiary/aromatic N) is 2. The maximum atomic E-state index is 14.1. The van der Waals surface area contributed by atoms with Crippen molar-refractivity contribution in [1.29, 1.82) is 0 Å². The number of carbonyl (C=O) groups is 1. The number of rotatable bonds is 4. The van der Waals surface area contributed by atoms with Crippen molar-refractivity contribution in [2.75, 3.05) is 6.54 Å². The van der Waals surface area contributed by atoms with Crippen molar-refractivity contribution in [2.24, 2.45) is 5.41 Å². The first kappa shape index (κ1) is 17.9. The Balaban J connectivity index is 1.80. The summed E-state index contributed by atoms with van der Waals surface area (Å²) in [5, 5.41) is 10.9. The number of benzene rings is 1. The van der Waals surface area contributed by atoms with Crippen LogP contribution in [0.4, 0.5) is 13.2 Å². The zero-order valence-electron chi connectivity index (χ0n) is 15.1. The van der Waals surface area contributed by atoms with Crippen LogP contribution in [0.15, 0.2) is 30.3 Å². The predicted octanol–water partition coefficient (Wildman–Crippen LogP) is 3.82. The van der Waals surface area contributed by atoms with Gasteiger partial charge in [-0.1, -0.05) is 26.0 Å². The fourth-order valence-electron chi connectivity index (χ4n) is 4.95. The van der Waals surface area contributed by atoms with Gasteiger partial charge in [-0.05, 0) is 47.9 Å². The minimum Gasteiger partial charge on any atom is -0.350 e. The number of amides is 1. The van der Waals surface area contributed by atoms with E-state index in [9.17, 15) is 18.0 Å². The normalized spacial score (nSPS) is 24.9. The largest absolute Gasteiger partial charge is 0.350 e. The molecule has 1 amide bonds. The van der Waals surface area contributed by atoms with E-state index in [2.05, 4.69) is 15.5 Å². The molecule has 7 heteroatoms. The topological polar surface area (TPSA) is 54.9 Å². The van der Waals surface area contributed by atoms with Crippen molar-refractivity contribution in [3.63, 3.8) is 0 Å². The van der Waals surface area contributed by atoms with Gasteiger partial charge in [0.25, 0.3) is 6.43 Å². The van der Waals surface area contributed by atoms with Gasteiger partial charge in [0, 0.05) is 5.56 Å². The maximum Gasteiger partial charge on any atom is 0.255 e. The van der Waals surface area contributed by atoms with Crippen molar-refractivity contribution in [3.8, 4) is 11.3 Å². The number of aromatic nitrogens is 2. The molecule has 2 bridgehead atoms. The second kappa shape index (κ2) is 6.04. The molecule has 0 saturated heterocycles. The van der Waals surface area contributed by atoms with Gasteiger partial charge in [-0.2, -0.15) is 10.2 Å². The smallest absolute Gasteiger partial charge is 0.255 e. The van der Waals surface area contributed by atoms with E-state index >= 15 is 0 Å². The summed E-state index contributed by atoms with van der Waals surface area (Å²) in [5.41, 5.74) is 0.706. The fraction of sp³-hybridized carbons (Fsp3) is 0.450. The van der Waals surface area contributed by atoms with E-state index in [-0.39, 0.29) is 5.92 Å². The summed E-state index contributed by atoms with van der Waals surface area (Å²) < 4.78 is 39.4. The van der Waals surface area contributed by atoms with Gasteiger partial charge in [-0.15, -0.1) is 0 Å². The standard InChI is InChI=1S/C20H20F3N3O/c1-19(2)13-7-8-20(19,18(27)24-10-16(22)23)17-12(13)9-15(25-26-17)11-5-3-4-6-14(11)21/h3-6,9,13,16H,7-8,10H2,1-2H3,(H,24,27)/t13-,20?/m1/s1. The minimum atomic E-state index is -2.61. The lowest BCUT2D eigenvalue weighted by atomic mass is 9.67. The second-order valence-electron chi connectivity index (χ2n) is 7.83. The Hall–Kier alpha value is -2.44. The van der Waals surface area contributed by atoms with Crippen molar-refractivity contribution < 1.29 is 18.0 Å². The SMILES string of the molecule is CC1(C)[C@@H]2CCC1(C(=O)NCC(F)F)c1nnc(-c3ccccc3F)cc12. The van der Waals surface area contributed by atoms with E-state index in [1.807, 2.05) is 13.8 Å². The highest BCUT2D eigenvalue weighted by Gasteiger charge is 2.67. The zero-order valence-corrected chi connectivity index (χ0v) is 15.1. The molecule has 0 radical (unpaired) electrons. The molecule has 1 saturated carbocycles. The molecule has 2 atom stereocenters. The number of alkyl halides is 2. The summed E-state index contributed by atoms with van der Waals surface area (Å²) in [5.74, 6) is -0.772. The molecule has 27 heavy (non-hydrogen) atoms. The highest BCUT2D eigenvalue weighted by Crippen LogP contribution is 2.67. The monoisotopic (exact) mass is 375 g/mol. The Morgan fingerprint density at radius 3 is 2.74 bits per heavy atom. The number of nitrogens with one attached hydrogen (secondary N) is 1. The molecule has 2 aliphatic rings. The van der Waals surface area contributed by atoms with Gasteiger partial charge in [0.05, 0.1) is 23.3 Å². The number of carbonyl (C=O) groups excluding carboxylic acids is 1. The van der Waals surface area contributed by atoms with Crippen LogP contribution in [-0.2, 0) is 10.2 Å². The molecule has 1 aromatic carbocycles. The summed E-state index contributed by atoms with van der Waals surface area (Å²) in [7, 11) is 0. The lowest BCUT2D eigenvalue weighted by Crippen LogP contribution is -2.50. The van der Waals surface area contributed by atoms with Crippen LogP contribution in [-0.4, -0.2) is 29.1 Å². The first-order chi connectivity index (χ1) is 12.8. The Kier molecular flexibility index (Phi) is 4.01. The summed E-state index contributed by atoms with van der Waals surface area (Å²) in [6, 6.07) is 8.12. The molecule has 1 heterocycles. The third kappa shape index (κ3) is 2.40. The fourth-order valence-corrected chi connectivity index (χ4v) is 4.95. The Bertz CT molecular complexity index is 915. The van der Waals surface area contributed by atoms with Crippen molar-refractivity contribution >= 4 is 5.91 Å². The van der Waals surface area contributed by atoms with Gasteiger partial charge in [-0.3, -0.25) is 4.79 Å². The maximum absolute atomic E-state index is 14.1. The number of hydrogen-bond acceptors (Lipinski definition) is 3. The van der Waals surface area contributed by atoms with Gasteiger partial charge in [0.15, 0.2) is 0 Å². The Morgan fingerprint density at radius 1 is 1.30 bits per heavy atom. The molecule has 1 N–H and O–H groups in total. The molecule has 2 aromatic rings. The van der Waals surface area contributed by atoms with Crippen LogP contribution in [0.25, 0.3) is 11.3 Å². The molecule has 0 spiro atoms. The predicted molar refractivity (Wildman–Crippen MR) is 93.9 cm³/mol. The van der Waals surface area contributed by atoms with E-state index in [0.717, 1.165) is 12.0 Å². The average molecular weight is 375 g/mol. The summed E-state index contributed by atoms with van der Waals surface area (Å²) in [6.45, 7) is 3.26. The third-order valence-electron chi connectivity index (χ3n) is 6.34.